The van der Waals surface area contributed by atoms with Crippen LogP contribution in [0.5, 0.6) is 0 Å². The molecule has 4 rings (SSSR count). The third-order valence-electron chi connectivity index (χ3n) is 3.01. The zero-order valence-corrected chi connectivity index (χ0v) is 9.28. The molecule has 5 nitrogen and oxygen atoms in total. The van der Waals surface area contributed by atoms with E-state index >= 15 is 0 Å². The Hall–Kier alpha value is -2.69. The molecule has 0 fully saturated rings. The Kier molecular flexibility index (Phi) is 1.77. The van der Waals surface area contributed by atoms with Crippen molar-refractivity contribution in [3.63, 3.8) is 0 Å². The first-order chi connectivity index (χ1) is 8.93. The van der Waals surface area contributed by atoms with Crippen LogP contribution in [-0.2, 0) is 0 Å². The minimum Gasteiger partial charge on any atom is -0.256 e. The summed E-state index contributed by atoms with van der Waals surface area (Å²) in [6.07, 6.45) is 5.20. The van der Waals surface area contributed by atoms with Gasteiger partial charge in [-0.3, -0.25) is 9.97 Å². The first-order valence-electron chi connectivity index (χ1n) is 5.54. The molecule has 0 atom stereocenters. The van der Waals surface area contributed by atoms with Crippen molar-refractivity contribution in [3.05, 3.63) is 42.9 Å². The Morgan fingerprint density at radius 1 is 0.889 bits per heavy atom. The lowest BCUT2D eigenvalue weighted by molar-refractivity contribution is 0.895. The number of fused-ring (bicyclic) bond motifs is 5. The molecule has 3 aromatic heterocycles. The van der Waals surface area contributed by atoms with Crippen LogP contribution < -0.4 is 0 Å². The molecular formula is C13H7N5. The maximum Gasteiger partial charge on any atom is 0.115 e. The predicted octanol–water partition coefficient (Wildman–Crippen LogP) is 2.12. The fraction of sp³-hybridized carbons (Fsp3) is 0. The predicted molar refractivity (Wildman–Crippen MR) is 67.9 cm³/mol. The molecule has 0 radical (unpaired) electrons. The molecule has 4 aromatic rings. The number of aromatic nitrogens is 5. The molecule has 0 bridgehead atoms. The lowest BCUT2D eigenvalue weighted by Gasteiger charge is -2.04. The van der Waals surface area contributed by atoms with Crippen molar-refractivity contribution in [2.45, 2.75) is 0 Å². The van der Waals surface area contributed by atoms with E-state index in [1.807, 2.05) is 24.3 Å². The van der Waals surface area contributed by atoms with E-state index in [0.29, 0.717) is 0 Å². The molecule has 0 aliphatic rings. The molecule has 84 valence electrons. The zero-order chi connectivity index (χ0) is 11.9. The van der Waals surface area contributed by atoms with Crippen LogP contribution >= 0.6 is 0 Å². The van der Waals surface area contributed by atoms with Crippen LogP contribution in [0.15, 0.2) is 42.9 Å². The summed E-state index contributed by atoms with van der Waals surface area (Å²) >= 11 is 0. The van der Waals surface area contributed by atoms with Gasteiger partial charge in [0, 0.05) is 22.4 Å². The summed E-state index contributed by atoms with van der Waals surface area (Å²) in [5, 5.41) is 14.5. The van der Waals surface area contributed by atoms with Gasteiger partial charge in [-0.05, 0) is 17.3 Å². The van der Waals surface area contributed by atoms with E-state index in [2.05, 4.69) is 25.4 Å². The Balaban J connectivity index is 2.38. The van der Waals surface area contributed by atoms with Crippen molar-refractivity contribution in [3.8, 4) is 0 Å². The van der Waals surface area contributed by atoms with Gasteiger partial charge in [0.05, 0.1) is 23.4 Å². The third kappa shape index (κ3) is 1.18. The fourth-order valence-electron chi connectivity index (χ4n) is 2.20. The minimum atomic E-state index is 0.732. The maximum atomic E-state index is 4.44. The molecule has 0 saturated carbocycles. The number of hydrogen-bond donors (Lipinski definition) is 0. The van der Waals surface area contributed by atoms with Gasteiger partial charge in [0.2, 0.25) is 0 Å². The van der Waals surface area contributed by atoms with Gasteiger partial charge in [-0.15, -0.1) is 10.2 Å². The second kappa shape index (κ2) is 3.40. The van der Waals surface area contributed by atoms with E-state index in [-0.39, 0.29) is 0 Å². The van der Waals surface area contributed by atoms with Crippen molar-refractivity contribution in [1.29, 1.82) is 0 Å². The average Bonchev–Trinajstić information content (AvgIpc) is 2.46. The summed E-state index contributed by atoms with van der Waals surface area (Å²) in [6, 6.07) is 7.96. The molecule has 3 heterocycles. The normalized spacial score (nSPS) is 11.3. The van der Waals surface area contributed by atoms with E-state index in [0.717, 1.165) is 32.7 Å². The van der Waals surface area contributed by atoms with E-state index in [1.54, 1.807) is 18.6 Å². The Labute approximate surface area is 102 Å². The molecule has 5 heteroatoms. The molecular weight excluding hydrogens is 226 g/mol. The van der Waals surface area contributed by atoms with Crippen LogP contribution in [0.1, 0.15) is 0 Å². The quantitative estimate of drug-likeness (QED) is 0.435. The second-order valence-electron chi connectivity index (χ2n) is 4.03. The highest BCUT2D eigenvalue weighted by atomic mass is 15.3. The van der Waals surface area contributed by atoms with Gasteiger partial charge in [0.25, 0.3) is 0 Å². The van der Waals surface area contributed by atoms with Crippen LogP contribution in [0.2, 0.25) is 0 Å². The van der Waals surface area contributed by atoms with Gasteiger partial charge in [0.15, 0.2) is 0 Å². The number of pyridine rings is 2. The lowest BCUT2D eigenvalue weighted by atomic mass is 10.1. The smallest absolute Gasteiger partial charge is 0.115 e. The fourth-order valence-corrected chi connectivity index (χ4v) is 2.20. The molecule has 0 spiro atoms. The molecule has 0 unspecified atom stereocenters. The number of hydrogen-bond acceptors (Lipinski definition) is 5. The molecule has 0 aliphatic heterocycles. The van der Waals surface area contributed by atoms with Gasteiger partial charge >= 0.3 is 0 Å². The third-order valence-corrected chi connectivity index (χ3v) is 3.01. The van der Waals surface area contributed by atoms with E-state index in [4.69, 9.17) is 0 Å². The molecule has 0 aliphatic carbocycles. The Morgan fingerprint density at radius 3 is 2.89 bits per heavy atom. The van der Waals surface area contributed by atoms with E-state index < -0.39 is 0 Å². The van der Waals surface area contributed by atoms with Crippen molar-refractivity contribution in [2.24, 2.45) is 0 Å². The van der Waals surface area contributed by atoms with Crippen LogP contribution in [0.3, 0.4) is 0 Å². The maximum absolute atomic E-state index is 4.44. The van der Waals surface area contributed by atoms with Crippen molar-refractivity contribution in [2.75, 3.05) is 0 Å². The van der Waals surface area contributed by atoms with Crippen LogP contribution in [0.25, 0.3) is 32.7 Å². The first kappa shape index (κ1) is 9.35. The highest BCUT2D eigenvalue weighted by Gasteiger charge is 2.07. The SMILES string of the molecule is c1cnc2c(c1)ccc1ncc3nnncc3c12. The highest BCUT2D eigenvalue weighted by Crippen LogP contribution is 2.27. The summed E-state index contributed by atoms with van der Waals surface area (Å²) in [5.74, 6) is 0. The Bertz CT molecular complexity index is 817. The number of rotatable bonds is 0. The van der Waals surface area contributed by atoms with Crippen LogP contribution in [0, 0.1) is 0 Å². The molecule has 18 heavy (non-hydrogen) atoms. The van der Waals surface area contributed by atoms with E-state index in [9.17, 15) is 0 Å². The molecule has 0 N–H and O–H groups in total. The van der Waals surface area contributed by atoms with Crippen molar-refractivity contribution < 1.29 is 0 Å². The summed E-state index contributed by atoms with van der Waals surface area (Å²) < 4.78 is 0. The molecule has 1 aromatic carbocycles. The van der Waals surface area contributed by atoms with Gasteiger partial charge < -0.3 is 0 Å². The topological polar surface area (TPSA) is 64.5 Å². The number of nitrogens with zero attached hydrogens (tertiary/aromatic N) is 5. The summed E-state index contributed by atoms with van der Waals surface area (Å²) in [4.78, 5) is 8.83. The van der Waals surface area contributed by atoms with Crippen LogP contribution in [-0.4, -0.2) is 25.4 Å². The zero-order valence-electron chi connectivity index (χ0n) is 9.28. The van der Waals surface area contributed by atoms with Gasteiger partial charge in [-0.1, -0.05) is 12.1 Å². The minimum absolute atomic E-state index is 0.732. The van der Waals surface area contributed by atoms with Crippen molar-refractivity contribution in [1.82, 2.24) is 25.4 Å². The van der Waals surface area contributed by atoms with E-state index in [1.165, 1.54) is 0 Å². The summed E-state index contributed by atoms with van der Waals surface area (Å²) in [5.41, 5.74) is 2.54. The summed E-state index contributed by atoms with van der Waals surface area (Å²) in [7, 11) is 0. The largest absolute Gasteiger partial charge is 0.256 e. The monoisotopic (exact) mass is 233 g/mol. The molecule has 0 saturated heterocycles. The molecule has 0 amide bonds. The van der Waals surface area contributed by atoms with Gasteiger partial charge in [-0.25, -0.2) is 0 Å². The van der Waals surface area contributed by atoms with Gasteiger partial charge in [0.1, 0.15) is 5.52 Å². The Morgan fingerprint density at radius 2 is 1.89 bits per heavy atom. The van der Waals surface area contributed by atoms with Gasteiger partial charge in [-0.2, -0.15) is 0 Å². The summed E-state index contributed by atoms with van der Waals surface area (Å²) in [6.45, 7) is 0. The lowest BCUT2D eigenvalue weighted by Crippen LogP contribution is -1.91. The average molecular weight is 233 g/mol. The highest BCUT2D eigenvalue weighted by molar-refractivity contribution is 6.16. The number of benzene rings is 1. The van der Waals surface area contributed by atoms with Crippen LogP contribution in [0.4, 0.5) is 0 Å². The van der Waals surface area contributed by atoms with Crippen molar-refractivity contribution >= 4 is 32.7 Å². The first-order valence-corrected chi connectivity index (χ1v) is 5.54. The second-order valence-corrected chi connectivity index (χ2v) is 4.03. The standard InChI is InChI=1S/C13H7N5/c1-2-8-3-4-10-12(13(8)14-5-1)9-6-16-18-17-11(9)7-15-10/h1-7H.